The van der Waals surface area contributed by atoms with E-state index in [0.717, 1.165) is 37.8 Å². The molecular formula is C18H34N4O. The van der Waals surface area contributed by atoms with Gasteiger partial charge in [0, 0.05) is 44.7 Å². The monoisotopic (exact) mass is 322 g/mol. The Morgan fingerprint density at radius 2 is 1.78 bits per heavy atom. The molecule has 1 heterocycles. The summed E-state index contributed by atoms with van der Waals surface area (Å²) < 4.78 is 0. The van der Waals surface area contributed by atoms with E-state index in [9.17, 15) is 5.11 Å². The van der Waals surface area contributed by atoms with Crippen LogP contribution in [0.3, 0.4) is 0 Å². The number of aliphatic imine (C=N–C) groups is 1. The van der Waals surface area contributed by atoms with Gasteiger partial charge < -0.3 is 20.6 Å². The summed E-state index contributed by atoms with van der Waals surface area (Å²) in [5.41, 5.74) is 0. The lowest BCUT2D eigenvalue weighted by Gasteiger charge is -2.36. The van der Waals surface area contributed by atoms with Gasteiger partial charge in [0.2, 0.25) is 0 Å². The highest BCUT2D eigenvalue weighted by Gasteiger charge is 2.28. The smallest absolute Gasteiger partial charge is 0.191 e. The molecule has 3 rings (SSSR count). The number of aliphatic hydroxyl groups excluding tert-OH is 1. The Bertz CT molecular complexity index is 386. The van der Waals surface area contributed by atoms with Crippen LogP contribution in [0.25, 0.3) is 0 Å². The predicted octanol–water partition coefficient (Wildman–Crippen LogP) is 1.72. The molecule has 3 fully saturated rings. The van der Waals surface area contributed by atoms with Crippen LogP contribution in [0.15, 0.2) is 4.99 Å². The van der Waals surface area contributed by atoms with E-state index in [1.165, 1.54) is 51.6 Å². The van der Waals surface area contributed by atoms with Gasteiger partial charge in [-0.25, -0.2) is 0 Å². The maximum absolute atomic E-state index is 9.92. The van der Waals surface area contributed by atoms with E-state index in [4.69, 9.17) is 0 Å². The van der Waals surface area contributed by atoms with Crippen molar-refractivity contribution in [2.75, 3.05) is 26.7 Å². The molecule has 0 aromatic carbocycles. The second-order valence-electron chi connectivity index (χ2n) is 7.60. The summed E-state index contributed by atoms with van der Waals surface area (Å²) in [7, 11) is 1.84. The molecule has 132 valence electrons. The van der Waals surface area contributed by atoms with Crippen molar-refractivity contribution in [3.63, 3.8) is 0 Å². The van der Waals surface area contributed by atoms with E-state index in [2.05, 4.69) is 20.5 Å². The summed E-state index contributed by atoms with van der Waals surface area (Å²) in [5.74, 6) is 1.29. The second-order valence-corrected chi connectivity index (χ2v) is 7.60. The number of nitrogens with zero attached hydrogens (tertiary/aromatic N) is 2. The molecule has 2 aliphatic carbocycles. The fraction of sp³-hybridized carbons (Fsp3) is 0.944. The first kappa shape index (κ1) is 17.0. The lowest BCUT2D eigenvalue weighted by Crippen LogP contribution is -2.51. The molecule has 0 bridgehead atoms. The van der Waals surface area contributed by atoms with E-state index in [1.807, 2.05) is 7.05 Å². The summed E-state index contributed by atoms with van der Waals surface area (Å²) in [5, 5.41) is 16.9. The molecule has 0 aromatic rings. The van der Waals surface area contributed by atoms with E-state index < -0.39 is 0 Å². The van der Waals surface area contributed by atoms with Gasteiger partial charge in [-0.2, -0.15) is 0 Å². The van der Waals surface area contributed by atoms with Gasteiger partial charge in [-0.15, -0.1) is 0 Å². The minimum Gasteiger partial charge on any atom is -0.393 e. The van der Waals surface area contributed by atoms with E-state index in [-0.39, 0.29) is 6.10 Å². The van der Waals surface area contributed by atoms with E-state index >= 15 is 0 Å². The Morgan fingerprint density at radius 1 is 1.04 bits per heavy atom. The van der Waals surface area contributed by atoms with Crippen LogP contribution in [-0.4, -0.2) is 60.8 Å². The van der Waals surface area contributed by atoms with Crippen LogP contribution in [0.1, 0.15) is 57.8 Å². The number of aliphatic hydroxyl groups is 1. The van der Waals surface area contributed by atoms with Gasteiger partial charge >= 0.3 is 0 Å². The number of likely N-dealkylation sites (tertiary alicyclic amines) is 1. The number of piperidine rings is 1. The number of rotatable bonds is 4. The summed E-state index contributed by atoms with van der Waals surface area (Å²) >= 11 is 0. The predicted molar refractivity (Wildman–Crippen MR) is 94.7 cm³/mol. The highest BCUT2D eigenvalue weighted by molar-refractivity contribution is 5.79. The molecule has 0 amide bonds. The highest BCUT2D eigenvalue weighted by atomic mass is 16.3. The normalized spacial score (nSPS) is 31.7. The minimum absolute atomic E-state index is 0.129. The number of guanidine groups is 1. The quantitative estimate of drug-likeness (QED) is 0.545. The molecule has 3 aliphatic rings. The Morgan fingerprint density at radius 3 is 2.39 bits per heavy atom. The molecule has 0 aromatic heterocycles. The van der Waals surface area contributed by atoms with Crippen molar-refractivity contribution in [2.45, 2.75) is 76.0 Å². The zero-order valence-corrected chi connectivity index (χ0v) is 14.6. The maximum Gasteiger partial charge on any atom is 0.191 e. The van der Waals surface area contributed by atoms with Gasteiger partial charge in [-0.05, 0) is 38.5 Å². The SMILES string of the molecule is CN=C(NCC1CCCC1O)NC1CCN(C2CCCC2)CC1. The summed E-state index contributed by atoms with van der Waals surface area (Å²) in [6.45, 7) is 3.28. The van der Waals surface area contributed by atoms with Crippen molar-refractivity contribution in [2.24, 2.45) is 10.9 Å². The topological polar surface area (TPSA) is 59.9 Å². The average molecular weight is 322 g/mol. The number of hydrogen-bond donors (Lipinski definition) is 3. The first-order valence-corrected chi connectivity index (χ1v) is 9.65. The van der Waals surface area contributed by atoms with Crippen molar-refractivity contribution < 1.29 is 5.11 Å². The van der Waals surface area contributed by atoms with Crippen molar-refractivity contribution in [3.8, 4) is 0 Å². The molecule has 5 heteroatoms. The Balaban J connectivity index is 1.38. The fourth-order valence-corrected chi connectivity index (χ4v) is 4.55. The van der Waals surface area contributed by atoms with Gasteiger partial charge in [0.25, 0.3) is 0 Å². The van der Waals surface area contributed by atoms with Gasteiger partial charge in [-0.1, -0.05) is 19.3 Å². The Labute approximate surface area is 140 Å². The molecule has 2 unspecified atom stereocenters. The van der Waals surface area contributed by atoms with Crippen LogP contribution in [-0.2, 0) is 0 Å². The van der Waals surface area contributed by atoms with Crippen LogP contribution in [0.4, 0.5) is 0 Å². The maximum atomic E-state index is 9.92. The third kappa shape index (κ3) is 4.60. The zero-order chi connectivity index (χ0) is 16.1. The first-order valence-electron chi connectivity index (χ1n) is 9.65. The van der Waals surface area contributed by atoms with Crippen LogP contribution in [0, 0.1) is 5.92 Å². The first-order chi connectivity index (χ1) is 11.3. The third-order valence-corrected chi connectivity index (χ3v) is 6.09. The van der Waals surface area contributed by atoms with Crippen molar-refractivity contribution in [1.29, 1.82) is 0 Å². The molecule has 0 radical (unpaired) electrons. The lowest BCUT2D eigenvalue weighted by atomic mass is 10.0. The van der Waals surface area contributed by atoms with Crippen LogP contribution >= 0.6 is 0 Å². The second kappa shape index (κ2) is 8.34. The largest absolute Gasteiger partial charge is 0.393 e. The fourth-order valence-electron chi connectivity index (χ4n) is 4.55. The summed E-state index contributed by atoms with van der Waals surface area (Å²) in [4.78, 5) is 7.07. The molecule has 5 nitrogen and oxygen atoms in total. The third-order valence-electron chi connectivity index (χ3n) is 6.09. The molecular weight excluding hydrogens is 288 g/mol. The van der Waals surface area contributed by atoms with Crippen molar-refractivity contribution in [1.82, 2.24) is 15.5 Å². The summed E-state index contributed by atoms with van der Waals surface area (Å²) in [6, 6.07) is 1.39. The van der Waals surface area contributed by atoms with Gasteiger partial charge in [0.1, 0.15) is 0 Å². The molecule has 2 saturated carbocycles. The van der Waals surface area contributed by atoms with Gasteiger partial charge in [-0.3, -0.25) is 4.99 Å². The van der Waals surface area contributed by atoms with Gasteiger partial charge in [0.05, 0.1) is 6.10 Å². The summed E-state index contributed by atoms with van der Waals surface area (Å²) in [6.07, 6.45) is 11.2. The van der Waals surface area contributed by atoms with Gasteiger partial charge in [0.15, 0.2) is 5.96 Å². The van der Waals surface area contributed by atoms with Crippen molar-refractivity contribution in [3.05, 3.63) is 0 Å². The lowest BCUT2D eigenvalue weighted by molar-refractivity contribution is 0.134. The highest BCUT2D eigenvalue weighted by Crippen LogP contribution is 2.26. The van der Waals surface area contributed by atoms with Crippen LogP contribution in [0.5, 0.6) is 0 Å². The Hall–Kier alpha value is -0.810. The molecule has 3 N–H and O–H groups in total. The average Bonchev–Trinajstić information content (AvgIpc) is 3.24. The van der Waals surface area contributed by atoms with Crippen LogP contribution < -0.4 is 10.6 Å². The van der Waals surface area contributed by atoms with Crippen LogP contribution in [0.2, 0.25) is 0 Å². The standard InChI is InChI=1S/C18H34N4O/c1-19-18(20-13-14-5-4-8-17(14)23)21-15-9-11-22(12-10-15)16-6-2-3-7-16/h14-17,23H,2-13H2,1H3,(H2,19,20,21). The minimum atomic E-state index is -0.129. The molecule has 23 heavy (non-hydrogen) atoms. The number of nitrogens with one attached hydrogen (secondary N) is 2. The molecule has 1 aliphatic heterocycles. The Kier molecular flexibility index (Phi) is 6.17. The van der Waals surface area contributed by atoms with E-state index in [0.29, 0.717) is 12.0 Å². The van der Waals surface area contributed by atoms with E-state index in [1.54, 1.807) is 0 Å². The number of hydrogen-bond acceptors (Lipinski definition) is 3. The van der Waals surface area contributed by atoms with Crippen molar-refractivity contribution >= 4 is 5.96 Å². The molecule has 1 saturated heterocycles. The molecule has 0 spiro atoms. The molecule has 2 atom stereocenters. The zero-order valence-electron chi connectivity index (χ0n) is 14.6.